The van der Waals surface area contributed by atoms with E-state index in [1.807, 2.05) is 78.1 Å². The summed E-state index contributed by atoms with van der Waals surface area (Å²) < 4.78 is 2.16. The Bertz CT molecular complexity index is 1370. The van der Waals surface area contributed by atoms with Gasteiger partial charge in [0.15, 0.2) is 0 Å². The Kier molecular flexibility index (Phi) is 10.5. The highest BCUT2D eigenvalue weighted by atomic mass is 35.5. The molecule has 38 heavy (non-hydrogen) atoms. The summed E-state index contributed by atoms with van der Waals surface area (Å²) in [4.78, 5) is 22.1. The molecule has 0 spiro atoms. The first-order valence-electron chi connectivity index (χ1n) is 12.3. The van der Waals surface area contributed by atoms with Gasteiger partial charge < -0.3 is 9.47 Å². The van der Waals surface area contributed by atoms with E-state index in [4.69, 9.17) is 5.26 Å². The molecule has 1 fully saturated rings. The van der Waals surface area contributed by atoms with Crippen LogP contribution in [0.3, 0.4) is 0 Å². The van der Waals surface area contributed by atoms with Gasteiger partial charge in [-0.05, 0) is 47.4 Å². The molecular formula is C30H31Cl2N5O. The summed E-state index contributed by atoms with van der Waals surface area (Å²) in [6.45, 7) is 4.74. The van der Waals surface area contributed by atoms with Crippen LogP contribution in [0.25, 0.3) is 11.1 Å². The molecule has 1 saturated heterocycles. The van der Waals surface area contributed by atoms with Gasteiger partial charge in [-0.15, -0.1) is 24.8 Å². The maximum Gasteiger partial charge on any atom is 0.253 e. The fourth-order valence-electron chi connectivity index (χ4n) is 4.71. The molecule has 8 heteroatoms. The number of amides is 1. The van der Waals surface area contributed by atoms with Crippen LogP contribution in [-0.4, -0.2) is 51.4 Å². The molecule has 196 valence electrons. The standard InChI is InChI=1S/C30H29N5O.2ClH/c31-19-24-10-12-25(13-11-24)21-35-23-32-20-29(35)22-33-14-5-15-34(17-16-33)30(36)28-9-4-8-27(18-28)26-6-2-1-3-7-26;;/h1-4,6-13,18,20,23H,5,14-17,21-22H2;2*1H. The number of carbonyl (C=O) groups excluding carboxylic acids is 1. The van der Waals surface area contributed by atoms with Crippen LogP contribution in [0.4, 0.5) is 0 Å². The molecule has 4 aromatic rings. The fourth-order valence-corrected chi connectivity index (χ4v) is 4.71. The summed E-state index contributed by atoms with van der Waals surface area (Å²) in [6, 6.07) is 28.0. The number of hydrogen-bond donors (Lipinski definition) is 0. The van der Waals surface area contributed by atoms with Crippen LogP contribution in [-0.2, 0) is 13.1 Å². The lowest BCUT2D eigenvalue weighted by atomic mass is 10.0. The first kappa shape index (κ1) is 28.9. The molecule has 0 unspecified atom stereocenters. The summed E-state index contributed by atoms with van der Waals surface area (Å²) in [5, 5.41) is 9.02. The van der Waals surface area contributed by atoms with Gasteiger partial charge in [0.2, 0.25) is 0 Å². The molecule has 0 atom stereocenters. The quantitative estimate of drug-likeness (QED) is 0.312. The second-order valence-corrected chi connectivity index (χ2v) is 9.19. The third-order valence-electron chi connectivity index (χ3n) is 6.71. The summed E-state index contributed by atoms with van der Waals surface area (Å²) >= 11 is 0. The Labute approximate surface area is 236 Å². The van der Waals surface area contributed by atoms with E-state index >= 15 is 0 Å². The van der Waals surface area contributed by atoms with Gasteiger partial charge >= 0.3 is 0 Å². The molecule has 0 saturated carbocycles. The molecular weight excluding hydrogens is 517 g/mol. The molecule has 1 aliphatic heterocycles. The number of nitriles is 1. The Morgan fingerprint density at radius 3 is 2.37 bits per heavy atom. The number of carbonyl (C=O) groups is 1. The van der Waals surface area contributed by atoms with E-state index in [1.54, 1.807) is 0 Å². The molecule has 1 aromatic heterocycles. The number of nitrogens with zero attached hydrogens (tertiary/aromatic N) is 5. The molecule has 1 amide bonds. The number of imidazole rings is 1. The zero-order valence-electron chi connectivity index (χ0n) is 21.1. The Hall–Kier alpha value is -3.63. The Balaban J connectivity index is 0.00000200. The maximum absolute atomic E-state index is 13.3. The summed E-state index contributed by atoms with van der Waals surface area (Å²) in [7, 11) is 0. The van der Waals surface area contributed by atoms with Gasteiger partial charge in [-0.1, -0.05) is 54.6 Å². The van der Waals surface area contributed by atoms with Gasteiger partial charge in [-0.25, -0.2) is 4.98 Å². The smallest absolute Gasteiger partial charge is 0.253 e. The summed E-state index contributed by atoms with van der Waals surface area (Å²) in [5.41, 5.74) is 5.87. The average molecular weight is 549 g/mol. The molecule has 5 rings (SSSR count). The first-order valence-corrected chi connectivity index (χ1v) is 12.3. The molecule has 3 aromatic carbocycles. The molecule has 1 aliphatic rings. The lowest BCUT2D eigenvalue weighted by molar-refractivity contribution is 0.0761. The van der Waals surface area contributed by atoms with E-state index in [0.29, 0.717) is 12.1 Å². The van der Waals surface area contributed by atoms with Crippen molar-refractivity contribution in [1.82, 2.24) is 19.4 Å². The van der Waals surface area contributed by atoms with Crippen LogP contribution in [0.2, 0.25) is 0 Å². The highest BCUT2D eigenvalue weighted by Crippen LogP contribution is 2.21. The number of hydrogen-bond acceptors (Lipinski definition) is 4. The van der Waals surface area contributed by atoms with E-state index in [2.05, 4.69) is 38.7 Å². The lowest BCUT2D eigenvalue weighted by Crippen LogP contribution is -2.35. The monoisotopic (exact) mass is 547 g/mol. The van der Waals surface area contributed by atoms with E-state index in [-0.39, 0.29) is 30.7 Å². The second kappa shape index (κ2) is 13.8. The van der Waals surface area contributed by atoms with Gasteiger partial charge in [0, 0.05) is 51.0 Å². The van der Waals surface area contributed by atoms with Gasteiger partial charge in [0.1, 0.15) is 0 Å². The minimum absolute atomic E-state index is 0. The number of halogens is 2. The average Bonchev–Trinajstić information content (AvgIpc) is 3.22. The molecule has 0 aliphatic carbocycles. The second-order valence-electron chi connectivity index (χ2n) is 9.19. The number of aromatic nitrogens is 2. The molecule has 0 radical (unpaired) electrons. The van der Waals surface area contributed by atoms with Gasteiger partial charge in [0.25, 0.3) is 5.91 Å². The van der Waals surface area contributed by atoms with Crippen molar-refractivity contribution >= 4 is 30.7 Å². The van der Waals surface area contributed by atoms with Crippen molar-refractivity contribution in [3.8, 4) is 17.2 Å². The van der Waals surface area contributed by atoms with Crippen LogP contribution in [0, 0.1) is 11.3 Å². The van der Waals surface area contributed by atoms with Crippen LogP contribution >= 0.6 is 24.8 Å². The highest BCUT2D eigenvalue weighted by Gasteiger charge is 2.21. The minimum atomic E-state index is 0. The number of benzene rings is 3. The predicted molar refractivity (Wildman–Crippen MR) is 155 cm³/mol. The topological polar surface area (TPSA) is 65.2 Å². The van der Waals surface area contributed by atoms with E-state index in [0.717, 1.165) is 67.1 Å². The molecule has 2 heterocycles. The van der Waals surface area contributed by atoms with Crippen molar-refractivity contribution in [2.45, 2.75) is 19.5 Å². The lowest BCUT2D eigenvalue weighted by Gasteiger charge is -2.22. The third-order valence-corrected chi connectivity index (χ3v) is 6.71. The van der Waals surface area contributed by atoms with Crippen molar-refractivity contribution in [2.75, 3.05) is 26.2 Å². The van der Waals surface area contributed by atoms with E-state index in [9.17, 15) is 4.79 Å². The Morgan fingerprint density at radius 2 is 1.61 bits per heavy atom. The van der Waals surface area contributed by atoms with E-state index in [1.165, 1.54) is 0 Å². The zero-order chi connectivity index (χ0) is 24.7. The molecule has 0 N–H and O–H groups in total. The highest BCUT2D eigenvalue weighted by molar-refractivity contribution is 5.95. The largest absolute Gasteiger partial charge is 0.337 e. The minimum Gasteiger partial charge on any atom is -0.337 e. The van der Waals surface area contributed by atoms with E-state index < -0.39 is 0 Å². The van der Waals surface area contributed by atoms with Crippen molar-refractivity contribution in [2.24, 2.45) is 0 Å². The van der Waals surface area contributed by atoms with Crippen molar-refractivity contribution in [3.63, 3.8) is 0 Å². The van der Waals surface area contributed by atoms with Gasteiger partial charge in [-0.3, -0.25) is 9.69 Å². The molecule has 6 nitrogen and oxygen atoms in total. The summed E-state index contributed by atoms with van der Waals surface area (Å²) in [6.07, 6.45) is 4.72. The number of rotatable bonds is 6. The summed E-state index contributed by atoms with van der Waals surface area (Å²) in [5.74, 6) is 0.0977. The van der Waals surface area contributed by atoms with Crippen LogP contribution in [0.1, 0.15) is 33.6 Å². The third kappa shape index (κ3) is 7.02. The zero-order valence-corrected chi connectivity index (χ0v) is 22.7. The van der Waals surface area contributed by atoms with Crippen molar-refractivity contribution in [1.29, 1.82) is 5.26 Å². The molecule has 0 bridgehead atoms. The van der Waals surface area contributed by atoms with Crippen LogP contribution < -0.4 is 0 Å². The Morgan fingerprint density at radius 1 is 0.842 bits per heavy atom. The van der Waals surface area contributed by atoms with Crippen LogP contribution in [0.15, 0.2) is 91.4 Å². The first-order chi connectivity index (χ1) is 17.7. The van der Waals surface area contributed by atoms with Crippen molar-refractivity contribution < 1.29 is 4.79 Å². The maximum atomic E-state index is 13.3. The van der Waals surface area contributed by atoms with Gasteiger partial charge in [0.05, 0.1) is 23.7 Å². The fraction of sp³-hybridized carbons (Fsp3) is 0.233. The SMILES string of the molecule is Cl.Cl.N#Cc1ccc(Cn2cncc2CN2CCCN(C(=O)c3cccc(-c4ccccc4)c3)CC2)cc1. The normalized spacial score (nSPS) is 13.5. The van der Waals surface area contributed by atoms with Crippen molar-refractivity contribution in [3.05, 3.63) is 114 Å². The predicted octanol–water partition coefficient (Wildman–Crippen LogP) is 5.66. The van der Waals surface area contributed by atoms with Crippen LogP contribution in [0.5, 0.6) is 0 Å². The van der Waals surface area contributed by atoms with Gasteiger partial charge in [-0.2, -0.15) is 5.26 Å².